The number of benzene rings is 2. The van der Waals surface area contributed by atoms with Gasteiger partial charge in [-0.2, -0.15) is 0 Å². The quantitative estimate of drug-likeness (QED) is 0.470. The number of carbonyl (C=O) groups is 1. The topological polar surface area (TPSA) is 62.8 Å². The van der Waals surface area contributed by atoms with Crippen LogP contribution in [-0.2, 0) is 9.53 Å². The summed E-state index contributed by atoms with van der Waals surface area (Å²) in [4.78, 5) is 14.5. The fourth-order valence-corrected chi connectivity index (χ4v) is 3.56. The number of anilines is 2. The molecule has 2 aliphatic rings. The van der Waals surface area contributed by atoms with Gasteiger partial charge in [0.2, 0.25) is 0 Å². The Morgan fingerprint density at radius 1 is 1.22 bits per heavy atom. The van der Waals surface area contributed by atoms with Gasteiger partial charge in [0.25, 0.3) is 5.91 Å². The van der Waals surface area contributed by atoms with Crippen LogP contribution in [0.4, 0.5) is 20.2 Å². The van der Waals surface area contributed by atoms with Crippen molar-refractivity contribution in [3.05, 3.63) is 71.1 Å². The molecule has 2 N–H and O–H groups in total. The molecule has 2 aliphatic heterocycles. The number of ether oxygens (including phenoxy) is 2. The van der Waals surface area contributed by atoms with Crippen molar-refractivity contribution >= 4 is 22.9 Å². The van der Waals surface area contributed by atoms with E-state index in [9.17, 15) is 13.6 Å². The third-order valence-electron chi connectivity index (χ3n) is 5.38. The van der Waals surface area contributed by atoms with Crippen LogP contribution in [-0.4, -0.2) is 44.2 Å². The highest BCUT2D eigenvalue weighted by atomic mass is 19.1. The molecule has 2 aromatic carbocycles. The molecule has 0 fully saturated rings. The minimum atomic E-state index is -0.455. The van der Waals surface area contributed by atoms with Gasteiger partial charge in [-0.15, -0.1) is 0 Å². The number of nitrogens with one attached hydrogen (secondary N) is 2. The number of rotatable bonds is 8. The largest absolute Gasteiger partial charge is 0.490 e. The Morgan fingerprint density at radius 2 is 2.06 bits per heavy atom. The maximum Gasteiger partial charge on any atom is 0.260 e. The van der Waals surface area contributed by atoms with E-state index in [2.05, 4.69) is 22.5 Å². The fourth-order valence-electron chi connectivity index (χ4n) is 3.56. The Labute approximate surface area is 185 Å². The van der Waals surface area contributed by atoms with Crippen LogP contribution in [0.3, 0.4) is 0 Å². The zero-order valence-corrected chi connectivity index (χ0v) is 18.0. The number of hydrogen-bond acceptors (Lipinski definition) is 5. The van der Waals surface area contributed by atoms with E-state index in [0.29, 0.717) is 40.6 Å². The molecular weight excluding hydrogens is 416 g/mol. The minimum absolute atomic E-state index is 0.202. The fraction of sp³-hybridized carbons (Fsp3) is 0.292. The van der Waals surface area contributed by atoms with Crippen LogP contribution in [0.15, 0.2) is 53.9 Å². The van der Waals surface area contributed by atoms with E-state index in [1.807, 2.05) is 7.05 Å². The van der Waals surface area contributed by atoms with E-state index >= 15 is 0 Å². The second-order valence-electron chi connectivity index (χ2n) is 7.71. The summed E-state index contributed by atoms with van der Waals surface area (Å²) in [7, 11) is 2.03. The predicted molar refractivity (Wildman–Crippen MR) is 119 cm³/mol. The first kappa shape index (κ1) is 21.8. The van der Waals surface area contributed by atoms with E-state index in [1.165, 1.54) is 18.2 Å². The van der Waals surface area contributed by atoms with Crippen molar-refractivity contribution in [2.24, 2.45) is 0 Å². The summed E-state index contributed by atoms with van der Waals surface area (Å²) in [6.07, 6.45) is 2.51. The van der Waals surface area contributed by atoms with Crippen LogP contribution in [0.5, 0.6) is 5.75 Å². The molecule has 0 saturated heterocycles. The molecule has 8 heteroatoms. The second kappa shape index (κ2) is 9.40. The number of hydrogen-bond donors (Lipinski definition) is 2. The Balaban J connectivity index is 1.42. The van der Waals surface area contributed by atoms with Gasteiger partial charge in [0, 0.05) is 29.9 Å². The van der Waals surface area contributed by atoms with E-state index < -0.39 is 11.6 Å². The lowest BCUT2D eigenvalue weighted by atomic mass is 10.1. The van der Waals surface area contributed by atoms with E-state index in [-0.39, 0.29) is 18.3 Å². The smallest absolute Gasteiger partial charge is 0.260 e. The van der Waals surface area contributed by atoms with Crippen molar-refractivity contribution in [2.75, 3.05) is 44.0 Å². The summed E-state index contributed by atoms with van der Waals surface area (Å²) in [5.74, 6) is -0.643. The summed E-state index contributed by atoms with van der Waals surface area (Å²) in [5, 5.41) is 5.75. The monoisotopic (exact) mass is 441 g/mol. The lowest BCUT2D eigenvalue weighted by Crippen LogP contribution is -2.20. The van der Waals surface area contributed by atoms with Crippen LogP contribution in [0, 0.1) is 11.6 Å². The van der Waals surface area contributed by atoms with E-state index in [1.54, 1.807) is 24.3 Å². The highest BCUT2D eigenvalue weighted by Crippen LogP contribution is 2.37. The molecule has 0 radical (unpaired) electrons. The molecule has 2 heterocycles. The van der Waals surface area contributed by atoms with Crippen molar-refractivity contribution in [1.29, 1.82) is 0 Å². The summed E-state index contributed by atoms with van der Waals surface area (Å²) in [6, 6.07) is 8.79. The molecule has 4 rings (SSSR count). The van der Waals surface area contributed by atoms with Gasteiger partial charge in [0.1, 0.15) is 18.2 Å². The van der Waals surface area contributed by atoms with Gasteiger partial charge < -0.3 is 25.0 Å². The van der Waals surface area contributed by atoms with Crippen LogP contribution < -0.4 is 15.4 Å². The molecule has 32 heavy (non-hydrogen) atoms. The molecular formula is C24H25F2N3O3. The van der Waals surface area contributed by atoms with Crippen LogP contribution >= 0.6 is 0 Å². The third kappa shape index (κ3) is 4.75. The molecule has 0 spiro atoms. The Bertz CT molecular complexity index is 1100. The van der Waals surface area contributed by atoms with Crippen molar-refractivity contribution in [3.63, 3.8) is 0 Å². The molecule has 0 atom stereocenters. The average Bonchev–Trinajstić information content (AvgIpc) is 3.34. The highest BCUT2D eigenvalue weighted by Gasteiger charge is 2.30. The van der Waals surface area contributed by atoms with Gasteiger partial charge in [0.15, 0.2) is 11.6 Å². The number of amides is 1. The maximum absolute atomic E-state index is 14.4. The van der Waals surface area contributed by atoms with Crippen molar-refractivity contribution in [3.8, 4) is 5.75 Å². The predicted octanol–water partition coefficient (Wildman–Crippen LogP) is 4.37. The van der Waals surface area contributed by atoms with Gasteiger partial charge >= 0.3 is 0 Å². The normalized spacial score (nSPS) is 17.2. The molecule has 6 nitrogen and oxygen atoms in total. The minimum Gasteiger partial charge on any atom is -0.490 e. The van der Waals surface area contributed by atoms with E-state index in [0.717, 1.165) is 19.5 Å². The molecule has 0 bridgehead atoms. The molecule has 1 amide bonds. The molecule has 0 aliphatic carbocycles. The average molecular weight is 441 g/mol. The summed E-state index contributed by atoms with van der Waals surface area (Å²) < 4.78 is 39.1. The highest BCUT2D eigenvalue weighted by molar-refractivity contribution is 6.32. The van der Waals surface area contributed by atoms with Gasteiger partial charge in [-0.3, -0.25) is 4.79 Å². The lowest BCUT2D eigenvalue weighted by Gasteiger charge is -2.14. The van der Waals surface area contributed by atoms with Crippen LogP contribution in [0.2, 0.25) is 0 Å². The summed E-state index contributed by atoms with van der Waals surface area (Å²) in [5.41, 5.74) is 2.56. The molecule has 0 saturated carbocycles. The van der Waals surface area contributed by atoms with Crippen molar-refractivity contribution in [1.82, 2.24) is 4.90 Å². The van der Waals surface area contributed by atoms with E-state index in [4.69, 9.17) is 9.47 Å². The van der Waals surface area contributed by atoms with Gasteiger partial charge in [-0.25, -0.2) is 8.78 Å². The maximum atomic E-state index is 14.4. The SMILES string of the molecule is CCN(C)CCCOc1ccc(NC2=C/C(=C3\C(=O)Nc4cc(F)ccc43)OC2)cc1F. The summed E-state index contributed by atoms with van der Waals surface area (Å²) >= 11 is 0. The first-order valence-electron chi connectivity index (χ1n) is 10.5. The second-order valence-corrected chi connectivity index (χ2v) is 7.71. The standard InChI is InChI=1S/C24H25F2N3O3/c1-3-29(2)9-4-10-31-21-8-6-16(12-19(21)26)27-17-13-22(32-14-17)23-18-7-5-15(25)11-20(18)28-24(23)30/h5-8,11-13,27H,3-4,9-10,14H2,1-2H3,(H,28,30)/b23-22+. The zero-order valence-electron chi connectivity index (χ0n) is 18.0. The number of fused-ring (bicyclic) bond motifs is 1. The first-order valence-corrected chi connectivity index (χ1v) is 10.5. The molecule has 2 aromatic rings. The molecule has 168 valence electrons. The number of halogens is 2. The Kier molecular flexibility index (Phi) is 6.41. The first-order chi connectivity index (χ1) is 15.4. The number of allylic oxidation sites excluding steroid dienone is 1. The van der Waals surface area contributed by atoms with Crippen LogP contribution in [0.1, 0.15) is 18.9 Å². The number of nitrogens with zero attached hydrogens (tertiary/aromatic N) is 1. The zero-order chi connectivity index (χ0) is 22.7. The summed E-state index contributed by atoms with van der Waals surface area (Å²) in [6.45, 7) is 4.58. The third-order valence-corrected chi connectivity index (χ3v) is 5.38. The molecule has 0 unspecified atom stereocenters. The lowest BCUT2D eigenvalue weighted by molar-refractivity contribution is -0.110. The van der Waals surface area contributed by atoms with Crippen molar-refractivity contribution < 1.29 is 23.0 Å². The van der Waals surface area contributed by atoms with Crippen LogP contribution in [0.25, 0.3) is 5.57 Å². The Morgan fingerprint density at radius 3 is 2.84 bits per heavy atom. The van der Waals surface area contributed by atoms with Gasteiger partial charge in [0.05, 0.1) is 23.6 Å². The van der Waals surface area contributed by atoms with Gasteiger partial charge in [-0.05, 0) is 50.3 Å². The number of carbonyl (C=O) groups excluding carboxylic acids is 1. The Hall–Kier alpha value is -3.39. The van der Waals surface area contributed by atoms with Gasteiger partial charge in [-0.1, -0.05) is 6.92 Å². The van der Waals surface area contributed by atoms with Crippen molar-refractivity contribution in [2.45, 2.75) is 13.3 Å². The molecule has 0 aromatic heterocycles.